The molecule has 1 atom stereocenters. The Hall–Kier alpha value is -1.10. The zero-order valence-electron chi connectivity index (χ0n) is 14.0. The van der Waals surface area contributed by atoms with Crippen LogP contribution in [0.2, 0.25) is 5.02 Å². The third-order valence-electron chi connectivity index (χ3n) is 4.69. The number of amides is 1. The molecule has 1 saturated carbocycles. The average Bonchev–Trinajstić information content (AvgIpc) is 2.98. The molecule has 23 heavy (non-hydrogen) atoms. The van der Waals surface area contributed by atoms with Crippen molar-refractivity contribution in [3.05, 3.63) is 34.9 Å². The maximum atomic E-state index is 12.4. The molecule has 1 fully saturated rings. The maximum absolute atomic E-state index is 12.4. The number of benzene rings is 1. The molecular weight excluding hydrogens is 312 g/mol. The molecule has 0 saturated heterocycles. The van der Waals surface area contributed by atoms with Gasteiger partial charge in [-0.2, -0.15) is 0 Å². The van der Waals surface area contributed by atoms with Gasteiger partial charge < -0.3 is 15.3 Å². The Balaban J connectivity index is 1.86. The van der Waals surface area contributed by atoms with Crippen molar-refractivity contribution in [2.45, 2.75) is 57.2 Å². The van der Waals surface area contributed by atoms with E-state index < -0.39 is 0 Å². The second-order valence-corrected chi connectivity index (χ2v) is 7.14. The molecule has 1 aromatic rings. The van der Waals surface area contributed by atoms with Gasteiger partial charge in [-0.1, -0.05) is 42.6 Å². The number of rotatable bonds is 7. The van der Waals surface area contributed by atoms with Crippen LogP contribution in [-0.2, 0) is 11.3 Å². The minimum Gasteiger partial charge on any atom is -0.394 e. The third-order valence-corrected chi connectivity index (χ3v) is 5.06. The lowest BCUT2D eigenvalue weighted by molar-refractivity contribution is -0.131. The van der Waals surface area contributed by atoms with Gasteiger partial charge in [0.05, 0.1) is 6.61 Å². The summed E-state index contributed by atoms with van der Waals surface area (Å²) in [4.78, 5) is 14.1. The van der Waals surface area contributed by atoms with Crippen LogP contribution >= 0.6 is 11.6 Å². The summed E-state index contributed by atoms with van der Waals surface area (Å²) >= 11 is 6.15. The molecule has 1 aliphatic carbocycles. The Morgan fingerprint density at radius 1 is 1.39 bits per heavy atom. The first kappa shape index (κ1) is 18.2. The molecular formula is C18H27ClN2O2. The van der Waals surface area contributed by atoms with Crippen LogP contribution in [0.1, 0.15) is 44.6 Å². The number of carbonyl (C=O) groups is 1. The molecule has 1 aliphatic rings. The smallest absolute Gasteiger partial charge is 0.224 e. The Labute approximate surface area is 143 Å². The predicted molar refractivity (Wildman–Crippen MR) is 93.4 cm³/mol. The molecule has 128 valence electrons. The van der Waals surface area contributed by atoms with E-state index in [0.29, 0.717) is 18.0 Å². The van der Waals surface area contributed by atoms with E-state index in [1.54, 1.807) is 11.9 Å². The Bertz CT molecular complexity index is 530. The lowest BCUT2D eigenvalue weighted by Gasteiger charge is -2.32. The van der Waals surface area contributed by atoms with E-state index in [9.17, 15) is 9.90 Å². The largest absolute Gasteiger partial charge is 0.394 e. The number of halogens is 1. The summed E-state index contributed by atoms with van der Waals surface area (Å²) in [5.41, 5.74) is 0.759. The van der Waals surface area contributed by atoms with Crippen LogP contribution < -0.4 is 5.32 Å². The van der Waals surface area contributed by atoms with Gasteiger partial charge in [0, 0.05) is 36.6 Å². The predicted octanol–water partition coefficient (Wildman–Crippen LogP) is 2.97. The first-order chi connectivity index (χ1) is 11.0. The van der Waals surface area contributed by atoms with Crippen LogP contribution in [0.25, 0.3) is 0 Å². The summed E-state index contributed by atoms with van der Waals surface area (Å²) in [7, 11) is 1.80. The molecule has 1 aromatic carbocycles. The fraction of sp³-hybridized carbons (Fsp3) is 0.611. The number of hydrogen-bond acceptors (Lipinski definition) is 3. The van der Waals surface area contributed by atoms with Crippen molar-refractivity contribution in [2.75, 3.05) is 13.7 Å². The Morgan fingerprint density at radius 2 is 2.04 bits per heavy atom. The standard InChI is InChI=1S/C18H27ClN2O2/c1-14(20-18(13-22)9-5-6-10-18)11-17(23)21(2)12-15-7-3-4-8-16(15)19/h3-4,7-8,14,20,22H,5-6,9-13H2,1-2H3. The van der Waals surface area contributed by atoms with E-state index in [4.69, 9.17) is 11.6 Å². The van der Waals surface area contributed by atoms with Crippen molar-refractivity contribution in [3.8, 4) is 0 Å². The van der Waals surface area contributed by atoms with E-state index in [1.165, 1.54) is 0 Å². The summed E-state index contributed by atoms with van der Waals surface area (Å²) < 4.78 is 0. The molecule has 1 unspecified atom stereocenters. The SMILES string of the molecule is CC(CC(=O)N(C)Cc1ccccc1Cl)NC1(CO)CCCC1. The van der Waals surface area contributed by atoms with Crippen molar-refractivity contribution in [1.29, 1.82) is 0 Å². The molecule has 0 aliphatic heterocycles. The topological polar surface area (TPSA) is 52.6 Å². The van der Waals surface area contributed by atoms with Gasteiger partial charge in [-0.15, -0.1) is 0 Å². The zero-order chi connectivity index (χ0) is 16.9. The van der Waals surface area contributed by atoms with Crippen molar-refractivity contribution in [1.82, 2.24) is 10.2 Å². The van der Waals surface area contributed by atoms with Gasteiger partial charge in [0.25, 0.3) is 0 Å². The Kier molecular flexibility index (Phi) is 6.45. The second-order valence-electron chi connectivity index (χ2n) is 6.74. The van der Waals surface area contributed by atoms with Gasteiger partial charge in [0.15, 0.2) is 0 Å². The fourth-order valence-corrected chi connectivity index (χ4v) is 3.56. The summed E-state index contributed by atoms with van der Waals surface area (Å²) in [5, 5.41) is 13.8. The van der Waals surface area contributed by atoms with Gasteiger partial charge >= 0.3 is 0 Å². The number of carbonyl (C=O) groups excluding carboxylic acids is 1. The van der Waals surface area contributed by atoms with E-state index in [1.807, 2.05) is 31.2 Å². The van der Waals surface area contributed by atoms with E-state index in [0.717, 1.165) is 31.2 Å². The number of nitrogens with one attached hydrogen (secondary N) is 1. The summed E-state index contributed by atoms with van der Waals surface area (Å²) in [6.07, 6.45) is 4.67. The molecule has 4 nitrogen and oxygen atoms in total. The first-order valence-corrected chi connectivity index (χ1v) is 8.69. The van der Waals surface area contributed by atoms with Crippen molar-refractivity contribution in [2.24, 2.45) is 0 Å². The van der Waals surface area contributed by atoms with Crippen LogP contribution in [0.5, 0.6) is 0 Å². The van der Waals surface area contributed by atoms with Crippen LogP contribution in [0.4, 0.5) is 0 Å². The number of aliphatic hydroxyl groups excluding tert-OH is 1. The summed E-state index contributed by atoms with van der Waals surface area (Å²) in [6.45, 7) is 2.66. The van der Waals surface area contributed by atoms with E-state index in [-0.39, 0.29) is 24.1 Å². The molecule has 0 aromatic heterocycles. The van der Waals surface area contributed by atoms with E-state index >= 15 is 0 Å². The number of nitrogens with zero attached hydrogens (tertiary/aromatic N) is 1. The minimum atomic E-state index is -0.193. The number of aliphatic hydroxyl groups is 1. The molecule has 5 heteroatoms. The molecule has 2 rings (SSSR count). The highest BCUT2D eigenvalue weighted by Crippen LogP contribution is 2.29. The maximum Gasteiger partial charge on any atom is 0.224 e. The van der Waals surface area contributed by atoms with Crippen LogP contribution in [0.15, 0.2) is 24.3 Å². The Morgan fingerprint density at radius 3 is 2.65 bits per heavy atom. The second kappa shape index (κ2) is 8.13. The highest BCUT2D eigenvalue weighted by molar-refractivity contribution is 6.31. The van der Waals surface area contributed by atoms with Crippen LogP contribution in [0.3, 0.4) is 0 Å². The van der Waals surface area contributed by atoms with Crippen molar-refractivity contribution >= 4 is 17.5 Å². The molecule has 1 amide bonds. The summed E-state index contributed by atoms with van der Waals surface area (Å²) in [6, 6.07) is 7.63. The van der Waals surface area contributed by atoms with Crippen molar-refractivity contribution < 1.29 is 9.90 Å². The molecule has 0 radical (unpaired) electrons. The zero-order valence-corrected chi connectivity index (χ0v) is 14.8. The third kappa shape index (κ3) is 4.93. The van der Waals surface area contributed by atoms with Crippen molar-refractivity contribution in [3.63, 3.8) is 0 Å². The van der Waals surface area contributed by atoms with Gasteiger partial charge in [-0.3, -0.25) is 4.79 Å². The molecule has 2 N–H and O–H groups in total. The molecule has 0 spiro atoms. The van der Waals surface area contributed by atoms with Gasteiger partial charge in [0.1, 0.15) is 0 Å². The lowest BCUT2D eigenvalue weighted by Crippen LogP contribution is -2.51. The lowest BCUT2D eigenvalue weighted by atomic mass is 9.97. The monoisotopic (exact) mass is 338 g/mol. The highest BCUT2D eigenvalue weighted by Gasteiger charge is 2.34. The van der Waals surface area contributed by atoms with Crippen LogP contribution in [-0.4, -0.2) is 41.1 Å². The fourth-order valence-electron chi connectivity index (χ4n) is 3.36. The van der Waals surface area contributed by atoms with Gasteiger partial charge in [-0.25, -0.2) is 0 Å². The number of hydrogen-bond donors (Lipinski definition) is 2. The van der Waals surface area contributed by atoms with E-state index in [2.05, 4.69) is 5.32 Å². The van der Waals surface area contributed by atoms with Gasteiger partial charge in [0.2, 0.25) is 5.91 Å². The minimum absolute atomic E-state index is 0.0430. The van der Waals surface area contributed by atoms with Crippen LogP contribution in [0, 0.1) is 0 Å². The molecule has 0 heterocycles. The average molecular weight is 339 g/mol. The van der Waals surface area contributed by atoms with Gasteiger partial charge in [-0.05, 0) is 31.4 Å². The normalized spacial score (nSPS) is 17.9. The molecule has 0 bridgehead atoms. The summed E-state index contributed by atoms with van der Waals surface area (Å²) in [5.74, 6) is 0.0796. The quantitative estimate of drug-likeness (QED) is 0.803. The first-order valence-electron chi connectivity index (χ1n) is 8.32. The highest BCUT2D eigenvalue weighted by atomic mass is 35.5.